The second-order valence-corrected chi connectivity index (χ2v) is 4.50. The molecule has 0 aliphatic carbocycles. The molecule has 0 aliphatic heterocycles. The molecule has 2 N–H and O–H groups in total. The summed E-state index contributed by atoms with van der Waals surface area (Å²) in [7, 11) is 0. The van der Waals surface area contributed by atoms with Gasteiger partial charge in [-0.15, -0.1) is 11.3 Å². The van der Waals surface area contributed by atoms with E-state index in [4.69, 9.17) is 5.73 Å². The Labute approximate surface area is 98.8 Å². The number of nitrogens with zero attached hydrogens (tertiary/aromatic N) is 3. The fraction of sp³-hybridized carbons (Fsp3) is 0.125. The normalized spacial score (nSPS) is 10.4. The Balaban J connectivity index is 2.57. The molecular weight excluding hydrogens is 311 g/mol. The molecule has 2 rings (SSSR count). The zero-order valence-corrected chi connectivity index (χ0v) is 10.3. The summed E-state index contributed by atoms with van der Waals surface area (Å²) in [5.41, 5.74) is 9.17. The molecule has 72 valence electrons. The van der Waals surface area contributed by atoms with Crippen molar-refractivity contribution in [1.82, 2.24) is 15.0 Å². The molecule has 4 nitrogen and oxygen atoms in total. The van der Waals surface area contributed by atoms with Crippen molar-refractivity contribution < 1.29 is 0 Å². The van der Waals surface area contributed by atoms with Crippen LogP contribution in [0.15, 0.2) is 10.9 Å². The van der Waals surface area contributed by atoms with Gasteiger partial charge in [-0.3, -0.25) is 0 Å². The Kier molecular flexibility index (Phi) is 2.64. The number of aryl methyl sites for hydroxylation is 1. The molecule has 0 radical (unpaired) electrons. The van der Waals surface area contributed by atoms with Gasteiger partial charge in [0.15, 0.2) is 5.82 Å². The lowest BCUT2D eigenvalue weighted by Crippen LogP contribution is -2.02. The Hall–Kier alpha value is -0.760. The molecule has 0 amide bonds. The van der Waals surface area contributed by atoms with Crippen molar-refractivity contribution in [3.05, 3.63) is 20.2 Å². The number of hydrogen-bond acceptors (Lipinski definition) is 5. The zero-order chi connectivity index (χ0) is 10.1. The number of nitrogens with two attached hydrogens (primary N) is 1. The smallest absolute Gasteiger partial charge is 0.181 e. The quantitative estimate of drug-likeness (QED) is 0.818. The number of hydrogen-bond donors (Lipinski definition) is 1. The number of aromatic nitrogens is 3. The van der Waals surface area contributed by atoms with Gasteiger partial charge >= 0.3 is 0 Å². The minimum atomic E-state index is 0.515. The molecule has 2 aromatic rings. The average molecular weight is 318 g/mol. The molecule has 2 heterocycles. The van der Waals surface area contributed by atoms with Crippen LogP contribution in [0.1, 0.15) is 5.69 Å². The molecule has 0 bridgehead atoms. The van der Waals surface area contributed by atoms with Gasteiger partial charge in [-0.2, -0.15) is 0 Å². The van der Waals surface area contributed by atoms with E-state index in [1.54, 1.807) is 5.51 Å². The Morgan fingerprint density at radius 2 is 2.21 bits per heavy atom. The second-order valence-electron chi connectivity index (χ2n) is 2.71. The summed E-state index contributed by atoms with van der Waals surface area (Å²) >= 11 is 3.65. The molecule has 0 unspecified atom stereocenters. The number of rotatable bonds is 1. The van der Waals surface area contributed by atoms with Gasteiger partial charge in [-0.05, 0) is 29.5 Å². The van der Waals surface area contributed by atoms with Crippen LogP contribution in [-0.4, -0.2) is 15.0 Å². The van der Waals surface area contributed by atoms with Crippen LogP contribution in [0.2, 0.25) is 0 Å². The topological polar surface area (TPSA) is 64.7 Å². The fourth-order valence-electron chi connectivity index (χ4n) is 1.02. The monoisotopic (exact) mass is 318 g/mol. The van der Waals surface area contributed by atoms with Crippen molar-refractivity contribution in [2.75, 3.05) is 5.73 Å². The van der Waals surface area contributed by atoms with Gasteiger partial charge in [0.2, 0.25) is 0 Å². The first kappa shape index (κ1) is 9.78. The summed E-state index contributed by atoms with van der Waals surface area (Å²) in [6, 6.07) is 0. The Bertz CT molecular complexity index is 431. The summed E-state index contributed by atoms with van der Waals surface area (Å²) in [6.45, 7) is 1.91. The number of halogens is 1. The minimum absolute atomic E-state index is 0.515. The summed E-state index contributed by atoms with van der Waals surface area (Å²) in [4.78, 5) is 12.6. The SMILES string of the molecule is Cc1nc(-c2cscn2)nc(N)c1I. The predicted octanol–water partition coefficient (Wildman–Crippen LogP) is 2.10. The van der Waals surface area contributed by atoms with E-state index in [2.05, 4.69) is 37.5 Å². The van der Waals surface area contributed by atoms with E-state index in [0.717, 1.165) is 15.0 Å². The average Bonchev–Trinajstić information content (AvgIpc) is 2.66. The molecule has 6 heteroatoms. The first-order valence-electron chi connectivity index (χ1n) is 3.86. The molecule has 0 fully saturated rings. The van der Waals surface area contributed by atoms with Crippen LogP contribution >= 0.6 is 33.9 Å². The Morgan fingerprint density at radius 3 is 2.79 bits per heavy atom. The van der Waals surface area contributed by atoms with E-state index in [1.165, 1.54) is 11.3 Å². The highest BCUT2D eigenvalue weighted by Gasteiger charge is 2.09. The summed E-state index contributed by atoms with van der Waals surface area (Å²) < 4.78 is 0.904. The maximum absolute atomic E-state index is 5.74. The van der Waals surface area contributed by atoms with Crippen molar-refractivity contribution in [2.24, 2.45) is 0 Å². The molecule has 0 spiro atoms. The van der Waals surface area contributed by atoms with Crippen LogP contribution in [0.3, 0.4) is 0 Å². The van der Waals surface area contributed by atoms with Crippen LogP contribution in [0, 0.1) is 10.5 Å². The molecule has 14 heavy (non-hydrogen) atoms. The van der Waals surface area contributed by atoms with Crippen molar-refractivity contribution >= 4 is 39.7 Å². The van der Waals surface area contributed by atoms with Gasteiger partial charge in [0, 0.05) is 5.38 Å². The molecule has 0 aliphatic rings. The molecule has 0 atom stereocenters. The minimum Gasteiger partial charge on any atom is -0.383 e. The van der Waals surface area contributed by atoms with Crippen molar-refractivity contribution in [3.8, 4) is 11.5 Å². The molecule has 2 aromatic heterocycles. The van der Waals surface area contributed by atoms with Crippen molar-refractivity contribution in [3.63, 3.8) is 0 Å². The Morgan fingerprint density at radius 1 is 1.43 bits per heavy atom. The van der Waals surface area contributed by atoms with E-state index in [0.29, 0.717) is 11.6 Å². The molecule has 0 saturated heterocycles. The third-order valence-electron chi connectivity index (χ3n) is 1.70. The van der Waals surface area contributed by atoms with Crippen molar-refractivity contribution in [2.45, 2.75) is 6.92 Å². The summed E-state index contributed by atoms with van der Waals surface area (Å²) in [6.07, 6.45) is 0. The van der Waals surface area contributed by atoms with Gasteiger partial charge in [0.1, 0.15) is 11.5 Å². The molecule has 0 saturated carbocycles. The summed E-state index contributed by atoms with van der Waals surface area (Å²) in [5.74, 6) is 1.11. The highest BCUT2D eigenvalue weighted by molar-refractivity contribution is 14.1. The highest BCUT2D eigenvalue weighted by atomic mass is 127. The highest BCUT2D eigenvalue weighted by Crippen LogP contribution is 2.21. The number of thiazole rings is 1. The van der Waals surface area contributed by atoms with E-state index >= 15 is 0 Å². The predicted molar refractivity (Wildman–Crippen MR) is 65.0 cm³/mol. The van der Waals surface area contributed by atoms with Gasteiger partial charge in [0.05, 0.1) is 14.8 Å². The lowest BCUT2D eigenvalue weighted by molar-refractivity contribution is 1.09. The number of anilines is 1. The first-order valence-corrected chi connectivity index (χ1v) is 5.89. The lowest BCUT2D eigenvalue weighted by atomic mass is 10.4. The fourth-order valence-corrected chi connectivity index (χ4v) is 1.79. The van der Waals surface area contributed by atoms with E-state index in [9.17, 15) is 0 Å². The third kappa shape index (κ3) is 1.71. The molecular formula is C8H7IN4S. The van der Waals surface area contributed by atoms with Gasteiger partial charge in [-0.25, -0.2) is 15.0 Å². The standard InChI is InChI=1S/C8H7IN4S/c1-4-6(9)7(10)13-8(12-4)5-2-14-3-11-5/h2-3H,1H3,(H2,10,12,13). The first-order chi connectivity index (χ1) is 6.68. The second kappa shape index (κ2) is 3.77. The van der Waals surface area contributed by atoms with Crippen LogP contribution in [0.4, 0.5) is 5.82 Å². The summed E-state index contributed by atoms with van der Waals surface area (Å²) in [5, 5.41) is 1.90. The van der Waals surface area contributed by atoms with Crippen LogP contribution in [-0.2, 0) is 0 Å². The lowest BCUT2D eigenvalue weighted by Gasteiger charge is -2.03. The van der Waals surface area contributed by atoms with Crippen LogP contribution in [0.5, 0.6) is 0 Å². The van der Waals surface area contributed by atoms with Gasteiger partial charge < -0.3 is 5.73 Å². The van der Waals surface area contributed by atoms with Gasteiger partial charge in [0.25, 0.3) is 0 Å². The van der Waals surface area contributed by atoms with Crippen molar-refractivity contribution in [1.29, 1.82) is 0 Å². The van der Waals surface area contributed by atoms with E-state index in [-0.39, 0.29) is 0 Å². The van der Waals surface area contributed by atoms with E-state index < -0.39 is 0 Å². The third-order valence-corrected chi connectivity index (χ3v) is 3.62. The van der Waals surface area contributed by atoms with Crippen LogP contribution in [0.25, 0.3) is 11.5 Å². The maximum atomic E-state index is 5.74. The van der Waals surface area contributed by atoms with Gasteiger partial charge in [-0.1, -0.05) is 0 Å². The zero-order valence-electron chi connectivity index (χ0n) is 7.36. The molecule has 0 aromatic carbocycles. The van der Waals surface area contributed by atoms with E-state index in [1.807, 2.05) is 12.3 Å². The van der Waals surface area contributed by atoms with Crippen LogP contribution < -0.4 is 5.73 Å². The maximum Gasteiger partial charge on any atom is 0.181 e. The number of nitrogen functional groups attached to an aromatic ring is 1. The largest absolute Gasteiger partial charge is 0.383 e.